The van der Waals surface area contributed by atoms with Crippen LogP contribution in [-0.4, -0.2) is 45.4 Å². The van der Waals surface area contributed by atoms with E-state index in [1.165, 1.54) is 25.3 Å². The molecule has 1 aromatic carbocycles. The van der Waals surface area contributed by atoms with Gasteiger partial charge in [-0.2, -0.15) is 0 Å². The predicted molar refractivity (Wildman–Crippen MR) is 109 cm³/mol. The lowest BCUT2D eigenvalue weighted by molar-refractivity contribution is 0.0952. The summed E-state index contributed by atoms with van der Waals surface area (Å²) in [5.74, 6) is -0.266. The SMILES string of the molecule is O=C(NCCCN1CCCCC1)c1ccccc1NS(=O)(=O)c1cccs1. The minimum Gasteiger partial charge on any atom is -0.352 e. The average molecular weight is 408 g/mol. The number of amides is 1. The van der Waals surface area contributed by atoms with Crippen LogP contribution in [0.25, 0.3) is 0 Å². The van der Waals surface area contributed by atoms with E-state index in [1.807, 2.05) is 0 Å². The molecule has 3 rings (SSSR count). The van der Waals surface area contributed by atoms with E-state index in [0.29, 0.717) is 17.8 Å². The van der Waals surface area contributed by atoms with Crippen molar-refractivity contribution >= 4 is 33.0 Å². The van der Waals surface area contributed by atoms with Gasteiger partial charge in [-0.25, -0.2) is 8.42 Å². The summed E-state index contributed by atoms with van der Waals surface area (Å²) in [6, 6.07) is 9.89. The quantitative estimate of drug-likeness (QED) is 0.659. The molecule has 6 nitrogen and oxygen atoms in total. The normalized spacial score (nSPS) is 15.4. The second-order valence-electron chi connectivity index (χ2n) is 6.59. The van der Waals surface area contributed by atoms with Crippen LogP contribution in [0.3, 0.4) is 0 Å². The molecule has 146 valence electrons. The highest BCUT2D eigenvalue weighted by Gasteiger charge is 2.19. The average Bonchev–Trinajstić information content (AvgIpc) is 3.22. The molecule has 0 atom stereocenters. The Balaban J connectivity index is 1.57. The summed E-state index contributed by atoms with van der Waals surface area (Å²) in [6.45, 7) is 3.83. The molecule has 2 aromatic rings. The second-order valence-corrected chi connectivity index (χ2v) is 9.45. The number of likely N-dealkylation sites (tertiary alicyclic amines) is 1. The fraction of sp³-hybridized carbons (Fsp3) is 0.421. The van der Waals surface area contributed by atoms with Gasteiger partial charge in [0, 0.05) is 6.54 Å². The third kappa shape index (κ3) is 5.54. The van der Waals surface area contributed by atoms with E-state index < -0.39 is 10.0 Å². The van der Waals surface area contributed by atoms with E-state index in [1.54, 1.807) is 35.7 Å². The number of rotatable bonds is 8. The van der Waals surface area contributed by atoms with Crippen LogP contribution >= 0.6 is 11.3 Å². The highest BCUT2D eigenvalue weighted by Crippen LogP contribution is 2.22. The number of hydrogen-bond acceptors (Lipinski definition) is 5. The first-order chi connectivity index (χ1) is 13.1. The van der Waals surface area contributed by atoms with Crippen molar-refractivity contribution in [2.45, 2.75) is 29.9 Å². The standard InChI is InChI=1S/C19H25N3O3S2/c23-19(20-11-7-14-22-12-4-1-5-13-22)16-8-2-3-9-17(16)21-27(24,25)18-10-6-15-26-18/h2-3,6,8-10,15,21H,1,4-5,7,11-14H2,(H,20,23). The number of nitrogens with zero attached hydrogens (tertiary/aromatic N) is 1. The zero-order valence-electron chi connectivity index (χ0n) is 15.2. The summed E-state index contributed by atoms with van der Waals surface area (Å²) in [5, 5.41) is 4.61. The number of carbonyl (C=O) groups excluding carboxylic acids is 1. The Kier molecular flexibility index (Phi) is 6.87. The first-order valence-corrected chi connectivity index (χ1v) is 11.6. The van der Waals surface area contributed by atoms with Crippen LogP contribution in [-0.2, 0) is 10.0 Å². The first kappa shape index (κ1) is 19.9. The maximum Gasteiger partial charge on any atom is 0.271 e. The maximum atomic E-state index is 12.5. The summed E-state index contributed by atoms with van der Waals surface area (Å²) < 4.78 is 27.6. The molecule has 0 bridgehead atoms. The van der Waals surface area contributed by atoms with Crippen molar-refractivity contribution in [1.29, 1.82) is 0 Å². The number of anilines is 1. The summed E-state index contributed by atoms with van der Waals surface area (Å²) in [6.07, 6.45) is 4.70. The number of nitrogens with one attached hydrogen (secondary N) is 2. The van der Waals surface area contributed by atoms with E-state index in [9.17, 15) is 13.2 Å². The molecule has 1 aliphatic rings. The molecule has 0 aliphatic carbocycles. The van der Waals surface area contributed by atoms with Crippen LogP contribution in [0.4, 0.5) is 5.69 Å². The Morgan fingerprint density at radius 2 is 1.85 bits per heavy atom. The van der Waals surface area contributed by atoms with Crippen molar-refractivity contribution in [3.05, 3.63) is 47.3 Å². The van der Waals surface area contributed by atoms with Crippen LogP contribution < -0.4 is 10.0 Å². The van der Waals surface area contributed by atoms with E-state index in [0.717, 1.165) is 37.4 Å². The number of benzene rings is 1. The summed E-state index contributed by atoms with van der Waals surface area (Å²) in [4.78, 5) is 15.0. The Hall–Kier alpha value is -1.90. The molecule has 27 heavy (non-hydrogen) atoms. The fourth-order valence-corrected chi connectivity index (χ4v) is 5.24. The molecule has 0 saturated carbocycles. The summed E-state index contributed by atoms with van der Waals surface area (Å²) >= 11 is 1.14. The zero-order chi connectivity index (χ0) is 19.1. The Morgan fingerprint density at radius 1 is 1.07 bits per heavy atom. The first-order valence-electron chi connectivity index (χ1n) is 9.22. The molecule has 2 N–H and O–H groups in total. The van der Waals surface area contributed by atoms with Gasteiger partial charge < -0.3 is 10.2 Å². The molecule has 0 radical (unpaired) electrons. The second kappa shape index (κ2) is 9.34. The summed E-state index contributed by atoms with van der Waals surface area (Å²) in [7, 11) is -3.68. The van der Waals surface area contributed by atoms with Gasteiger partial charge in [0.2, 0.25) is 0 Å². The molecule has 0 spiro atoms. The van der Waals surface area contributed by atoms with Crippen LogP contribution in [0.2, 0.25) is 0 Å². The molecule has 0 unspecified atom stereocenters. The number of thiophene rings is 1. The van der Waals surface area contributed by atoms with Crippen LogP contribution in [0.5, 0.6) is 0 Å². The van der Waals surface area contributed by atoms with Gasteiger partial charge in [0.05, 0.1) is 11.3 Å². The molecule has 8 heteroatoms. The fourth-order valence-electron chi connectivity index (χ4n) is 3.16. The Bertz CT molecular complexity index is 845. The molecular weight excluding hydrogens is 382 g/mol. The summed E-state index contributed by atoms with van der Waals surface area (Å²) in [5.41, 5.74) is 0.620. The van der Waals surface area contributed by atoms with E-state index in [-0.39, 0.29) is 10.1 Å². The Morgan fingerprint density at radius 3 is 2.59 bits per heavy atom. The van der Waals surface area contributed by atoms with Crippen molar-refractivity contribution in [2.24, 2.45) is 0 Å². The highest BCUT2D eigenvalue weighted by molar-refractivity contribution is 7.94. The largest absolute Gasteiger partial charge is 0.352 e. The Labute approximate surface area is 164 Å². The maximum absolute atomic E-state index is 12.5. The predicted octanol–water partition coefficient (Wildman–Crippen LogP) is 3.15. The number of carbonyl (C=O) groups is 1. The molecule has 2 heterocycles. The van der Waals surface area contributed by atoms with Crippen molar-refractivity contribution < 1.29 is 13.2 Å². The smallest absolute Gasteiger partial charge is 0.271 e. The molecule has 1 saturated heterocycles. The number of para-hydroxylation sites is 1. The number of sulfonamides is 1. The molecule has 1 aromatic heterocycles. The van der Waals surface area contributed by atoms with E-state index >= 15 is 0 Å². The number of piperidine rings is 1. The zero-order valence-corrected chi connectivity index (χ0v) is 16.8. The van der Waals surface area contributed by atoms with Gasteiger partial charge in [0.1, 0.15) is 4.21 Å². The lowest BCUT2D eigenvalue weighted by Crippen LogP contribution is -2.33. The molecular formula is C19H25N3O3S2. The third-order valence-corrected chi connectivity index (χ3v) is 7.32. The van der Waals surface area contributed by atoms with Crippen molar-refractivity contribution in [3.63, 3.8) is 0 Å². The lowest BCUT2D eigenvalue weighted by atomic mass is 10.1. The molecule has 1 aliphatic heterocycles. The van der Waals surface area contributed by atoms with Crippen molar-refractivity contribution in [3.8, 4) is 0 Å². The van der Waals surface area contributed by atoms with E-state index in [2.05, 4.69) is 14.9 Å². The van der Waals surface area contributed by atoms with E-state index in [4.69, 9.17) is 0 Å². The number of hydrogen-bond donors (Lipinski definition) is 2. The van der Waals surface area contributed by atoms with Gasteiger partial charge in [-0.05, 0) is 62.5 Å². The van der Waals surface area contributed by atoms with Gasteiger partial charge >= 0.3 is 0 Å². The van der Waals surface area contributed by atoms with Gasteiger partial charge in [0.25, 0.3) is 15.9 Å². The van der Waals surface area contributed by atoms with Crippen molar-refractivity contribution in [2.75, 3.05) is 30.9 Å². The van der Waals surface area contributed by atoms with Gasteiger partial charge in [-0.1, -0.05) is 24.6 Å². The molecule has 1 amide bonds. The van der Waals surface area contributed by atoms with Crippen LogP contribution in [0, 0.1) is 0 Å². The van der Waals surface area contributed by atoms with Gasteiger partial charge in [0.15, 0.2) is 0 Å². The monoisotopic (exact) mass is 407 g/mol. The van der Waals surface area contributed by atoms with Crippen LogP contribution in [0.1, 0.15) is 36.0 Å². The third-order valence-electron chi connectivity index (χ3n) is 4.56. The lowest BCUT2D eigenvalue weighted by Gasteiger charge is -2.26. The van der Waals surface area contributed by atoms with Crippen LogP contribution in [0.15, 0.2) is 46.0 Å². The highest BCUT2D eigenvalue weighted by atomic mass is 32.2. The van der Waals surface area contributed by atoms with Gasteiger partial charge in [-0.3, -0.25) is 9.52 Å². The van der Waals surface area contributed by atoms with Crippen molar-refractivity contribution in [1.82, 2.24) is 10.2 Å². The topological polar surface area (TPSA) is 78.5 Å². The van der Waals surface area contributed by atoms with Gasteiger partial charge in [-0.15, -0.1) is 11.3 Å². The minimum atomic E-state index is -3.68. The molecule has 1 fully saturated rings. The minimum absolute atomic E-state index is 0.222.